The Morgan fingerprint density at radius 3 is 2.72 bits per heavy atom. The molecule has 1 saturated carbocycles. The zero-order valence-corrected chi connectivity index (χ0v) is 18.5. The summed E-state index contributed by atoms with van der Waals surface area (Å²) in [6.07, 6.45) is 5.24. The Morgan fingerprint density at radius 2 is 2.00 bits per heavy atom. The molecule has 1 aromatic heterocycles. The van der Waals surface area contributed by atoms with Gasteiger partial charge in [0.25, 0.3) is 5.91 Å². The van der Waals surface area contributed by atoms with Gasteiger partial charge in [-0.15, -0.1) is 0 Å². The van der Waals surface area contributed by atoms with E-state index >= 15 is 0 Å². The largest absolute Gasteiger partial charge is 0.396 e. The van der Waals surface area contributed by atoms with Crippen molar-refractivity contribution in [3.8, 4) is 11.3 Å². The summed E-state index contributed by atoms with van der Waals surface area (Å²) in [5.41, 5.74) is 5.88. The first-order chi connectivity index (χ1) is 15.4. The molecule has 6 heteroatoms. The third kappa shape index (κ3) is 3.62. The fourth-order valence-corrected chi connectivity index (χ4v) is 5.28. The lowest BCUT2D eigenvalue weighted by atomic mass is 9.95. The Hall–Kier alpha value is -2.99. The minimum absolute atomic E-state index is 0.0394. The van der Waals surface area contributed by atoms with Crippen LogP contribution >= 0.6 is 0 Å². The lowest BCUT2D eigenvalue weighted by molar-refractivity contribution is 0.0612. The quantitative estimate of drug-likeness (QED) is 0.655. The van der Waals surface area contributed by atoms with Crippen LogP contribution < -0.4 is 0 Å². The number of rotatable bonds is 5. The Bertz CT molecular complexity index is 1190. The zero-order chi connectivity index (χ0) is 22.4. The lowest BCUT2D eigenvalue weighted by Gasteiger charge is -2.28. The van der Waals surface area contributed by atoms with Gasteiger partial charge in [0.05, 0.1) is 5.69 Å². The molecule has 1 aliphatic heterocycles. The second-order valence-electron chi connectivity index (χ2n) is 9.17. The van der Waals surface area contributed by atoms with E-state index in [0.29, 0.717) is 18.5 Å². The summed E-state index contributed by atoms with van der Waals surface area (Å²) in [7, 11) is 1.84. The summed E-state index contributed by atoms with van der Waals surface area (Å²) < 4.78 is 16.6. The van der Waals surface area contributed by atoms with Gasteiger partial charge >= 0.3 is 0 Å². The molecule has 5 rings (SSSR count). The lowest BCUT2D eigenvalue weighted by Crippen LogP contribution is -2.39. The van der Waals surface area contributed by atoms with Crippen molar-refractivity contribution >= 4 is 5.91 Å². The number of hydrogen-bond acceptors (Lipinski definition) is 3. The topological polar surface area (TPSA) is 58.4 Å². The summed E-state index contributed by atoms with van der Waals surface area (Å²) in [6, 6.07) is 11.2. The molecular formula is C26H28FN3O2. The molecule has 32 heavy (non-hydrogen) atoms. The maximum atomic E-state index is 14.9. The molecular weight excluding hydrogens is 405 g/mol. The number of hydrogen-bond donors (Lipinski definition) is 1. The van der Waals surface area contributed by atoms with E-state index in [2.05, 4.69) is 11.2 Å². The van der Waals surface area contributed by atoms with E-state index < -0.39 is 0 Å². The van der Waals surface area contributed by atoms with Crippen molar-refractivity contribution in [3.05, 3.63) is 76.2 Å². The van der Waals surface area contributed by atoms with Crippen LogP contribution in [0.25, 0.3) is 11.3 Å². The summed E-state index contributed by atoms with van der Waals surface area (Å²) in [5, 5.41) is 14.0. The highest BCUT2D eigenvalue weighted by Gasteiger charge is 2.39. The van der Waals surface area contributed by atoms with Gasteiger partial charge in [-0.05, 0) is 60.2 Å². The van der Waals surface area contributed by atoms with Crippen LogP contribution in [-0.2, 0) is 20.0 Å². The Balaban J connectivity index is 1.39. The molecule has 0 saturated heterocycles. The van der Waals surface area contributed by atoms with Crippen LogP contribution in [0.2, 0.25) is 0 Å². The number of fused-ring (bicyclic) bond motifs is 1. The molecule has 2 aromatic carbocycles. The zero-order valence-electron chi connectivity index (χ0n) is 18.5. The molecule has 2 heterocycles. The van der Waals surface area contributed by atoms with Crippen molar-refractivity contribution in [1.29, 1.82) is 0 Å². The van der Waals surface area contributed by atoms with Crippen LogP contribution in [0.1, 0.15) is 51.9 Å². The van der Waals surface area contributed by atoms with Crippen LogP contribution in [0.15, 0.2) is 42.6 Å². The number of aliphatic hydroxyl groups excluding tert-OH is 1. The fraction of sp³-hybridized carbons (Fsp3) is 0.385. The molecule has 0 spiro atoms. The molecule has 3 aromatic rings. The summed E-state index contributed by atoms with van der Waals surface area (Å²) in [6.45, 7) is 2.75. The van der Waals surface area contributed by atoms with E-state index in [-0.39, 0.29) is 30.3 Å². The molecule has 1 aliphatic carbocycles. The Labute approximate surface area is 187 Å². The molecule has 1 fully saturated rings. The number of aromatic nitrogens is 2. The first-order valence-corrected chi connectivity index (χ1v) is 11.3. The van der Waals surface area contributed by atoms with E-state index in [0.717, 1.165) is 52.8 Å². The Kier molecular flexibility index (Phi) is 5.33. The monoisotopic (exact) mass is 433 g/mol. The average Bonchev–Trinajstić information content (AvgIpc) is 3.49. The summed E-state index contributed by atoms with van der Waals surface area (Å²) in [5.74, 6) is -0.0594. The van der Waals surface area contributed by atoms with E-state index in [1.54, 1.807) is 4.68 Å². The number of nitrogens with zero attached hydrogens (tertiary/aromatic N) is 3. The molecule has 166 valence electrons. The predicted octanol–water partition coefficient (Wildman–Crippen LogP) is 4.24. The predicted molar refractivity (Wildman–Crippen MR) is 121 cm³/mol. The third-order valence-electron chi connectivity index (χ3n) is 7.09. The highest BCUT2D eigenvalue weighted by atomic mass is 19.1. The number of benzene rings is 2. The Morgan fingerprint density at radius 1 is 1.16 bits per heavy atom. The molecule has 2 atom stereocenters. The maximum Gasteiger partial charge on any atom is 0.254 e. The smallest absolute Gasteiger partial charge is 0.254 e. The van der Waals surface area contributed by atoms with E-state index in [4.69, 9.17) is 0 Å². The second kappa shape index (κ2) is 8.17. The van der Waals surface area contributed by atoms with Gasteiger partial charge in [0.2, 0.25) is 0 Å². The normalized spacial score (nSPS) is 20.2. The van der Waals surface area contributed by atoms with Crippen molar-refractivity contribution < 1.29 is 14.3 Å². The number of aliphatic hydroxyl groups is 1. The number of amides is 1. The number of carbonyl (C=O) groups is 1. The minimum atomic E-state index is -0.266. The van der Waals surface area contributed by atoms with E-state index in [9.17, 15) is 14.3 Å². The highest BCUT2D eigenvalue weighted by Crippen LogP contribution is 2.36. The summed E-state index contributed by atoms with van der Waals surface area (Å²) >= 11 is 0. The van der Waals surface area contributed by atoms with Crippen LogP contribution in [0.5, 0.6) is 0 Å². The number of halogens is 1. The van der Waals surface area contributed by atoms with Gasteiger partial charge < -0.3 is 10.0 Å². The van der Waals surface area contributed by atoms with Gasteiger partial charge in [-0.3, -0.25) is 9.48 Å². The molecule has 0 unspecified atom stereocenters. The second-order valence-corrected chi connectivity index (χ2v) is 9.17. The number of aryl methyl sites for hydroxylation is 2. The van der Waals surface area contributed by atoms with Crippen molar-refractivity contribution in [3.63, 3.8) is 0 Å². The molecule has 5 nitrogen and oxygen atoms in total. The van der Waals surface area contributed by atoms with Crippen molar-refractivity contribution in [1.82, 2.24) is 14.7 Å². The molecule has 1 amide bonds. The van der Waals surface area contributed by atoms with Crippen molar-refractivity contribution in [2.75, 3.05) is 6.61 Å². The van der Waals surface area contributed by atoms with Gasteiger partial charge in [-0.2, -0.15) is 5.10 Å². The minimum Gasteiger partial charge on any atom is -0.396 e. The molecule has 2 aliphatic rings. The number of carbonyl (C=O) groups excluding carboxylic acids is 1. The SMILES string of the molecule is Cc1cc2c(cc1Cc1ccc(-c3ccn(C)n3)cc1F)C(=O)N([C@H]1CCC[C@@H]1CO)C2. The van der Waals surface area contributed by atoms with Crippen molar-refractivity contribution in [2.24, 2.45) is 13.0 Å². The van der Waals surface area contributed by atoms with Gasteiger partial charge in [0.15, 0.2) is 0 Å². The van der Waals surface area contributed by atoms with E-state index in [1.165, 1.54) is 6.07 Å². The van der Waals surface area contributed by atoms with Crippen LogP contribution in [0, 0.1) is 18.7 Å². The van der Waals surface area contributed by atoms with Crippen LogP contribution in [0.4, 0.5) is 4.39 Å². The standard InChI is InChI=1S/C26H28FN3O2/c1-16-10-21-14-30(25-5-3-4-19(25)15-31)26(32)22(21)12-20(16)11-17-6-7-18(13-23(17)27)24-8-9-29(2)28-24/h6-10,12-13,19,25,31H,3-5,11,14-15H2,1-2H3/t19-,25+/m1/s1. The maximum absolute atomic E-state index is 14.9. The van der Waals surface area contributed by atoms with Gasteiger partial charge in [-0.1, -0.05) is 24.6 Å². The first-order valence-electron chi connectivity index (χ1n) is 11.3. The molecule has 0 radical (unpaired) electrons. The van der Waals surface area contributed by atoms with Crippen molar-refractivity contribution in [2.45, 2.75) is 45.2 Å². The van der Waals surface area contributed by atoms with Gasteiger partial charge in [-0.25, -0.2) is 4.39 Å². The third-order valence-corrected chi connectivity index (χ3v) is 7.09. The molecule has 1 N–H and O–H groups in total. The first kappa shape index (κ1) is 20.9. The fourth-order valence-electron chi connectivity index (χ4n) is 5.28. The van der Waals surface area contributed by atoms with Crippen LogP contribution in [-0.4, -0.2) is 38.3 Å². The summed E-state index contributed by atoms with van der Waals surface area (Å²) in [4.78, 5) is 15.1. The average molecular weight is 434 g/mol. The van der Waals surface area contributed by atoms with Gasteiger partial charge in [0, 0.05) is 55.9 Å². The van der Waals surface area contributed by atoms with E-state index in [1.807, 2.05) is 49.3 Å². The van der Waals surface area contributed by atoms with Gasteiger partial charge in [0.1, 0.15) is 5.82 Å². The van der Waals surface area contributed by atoms with Crippen LogP contribution in [0.3, 0.4) is 0 Å². The molecule has 0 bridgehead atoms. The highest BCUT2D eigenvalue weighted by molar-refractivity contribution is 5.99.